The number of aromatic nitrogens is 2. The number of nitrogens with zero attached hydrogens (tertiary/aromatic N) is 2. The van der Waals surface area contributed by atoms with E-state index in [0.29, 0.717) is 0 Å². The Morgan fingerprint density at radius 1 is 1.46 bits per heavy atom. The Bertz CT molecular complexity index is 473. The quantitative estimate of drug-likeness (QED) is 0.635. The second-order valence-electron chi connectivity index (χ2n) is 3.43. The Morgan fingerprint density at radius 3 is 3.31 bits per heavy atom. The van der Waals surface area contributed by atoms with E-state index >= 15 is 0 Å². The van der Waals surface area contributed by atoms with Crippen LogP contribution in [0.25, 0.3) is 11.0 Å². The van der Waals surface area contributed by atoms with Gasteiger partial charge in [0.15, 0.2) is 0 Å². The molecule has 13 heavy (non-hydrogen) atoms. The fourth-order valence-corrected chi connectivity index (χ4v) is 2.74. The predicted octanol–water partition coefficient (Wildman–Crippen LogP) is 2.55. The van der Waals surface area contributed by atoms with Gasteiger partial charge < -0.3 is 4.57 Å². The van der Waals surface area contributed by atoms with E-state index in [2.05, 4.69) is 34.7 Å². The molecule has 2 nitrogen and oxygen atoms in total. The molecule has 0 spiro atoms. The number of imidazole rings is 1. The molecule has 0 saturated carbocycles. The molecule has 1 aromatic heterocycles. The maximum atomic E-state index is 4.60. The SMILES string of the molecule is Cc1ccc2c(c1)nc1n2CSC1. The molecule has 3 rings (SSSR count). The average Bonchev–Trinajstić information content (AvgIpc) is 2.62. The molecule has 0 fully saturated rings. The third kappa shape index (κ3) is 1.000. The Labute approximate surface area is 81.0 Å². The molecule has 0 bridgehead atoms. The van der Waals surface area contributed by atoms with Crippen LogP contribution in [-0.4, -0.2) is 9.55 Å². The molecule has 1 aromatic carbocycles. The third-order valence-corrected chi connectivity index (χ3v) is 3.34. The molecule has 1 aliphatic heterocycles. The maximum Gasteiger partial charge on any atom is 0.120 e. The van der Waals surface area contributed by atoms with Crippen molar-refractivity contribution in [2.45, 2.75) is 18.6 Å². The van der Waals surface area contributed by atoms with Crippen LogP contribution in [0.5, 0.6) is 0 Å². The van der Waals surface area contributed by atoms with Gasteiger partial charge in [-0.3, -0.25) is 0 Å². The van der Waals surface area contributed by atoms with Crippen LogP contribution in [0.1, 0.15) is 11.4 Å². The fourth-order valence-electron chi connectivity index (χ4n) is 1.77. The van der Waals surface area contributed by atoms with Crippen LogP contribution in [-0.2, 0) is 11.6 Å². The first-order valence-electron chi connectivity index (χ1n) is 4.38. The summed E-state index contributed by atoms with van der Waals surface area (Å²) in [5.74, 6) is 3.36. The van der Waals surface area contributed by atoms with Crippen LogP contribution in [0.3, 0.4) is 0 Å². The van der Waals surface area contributed by atoms with E-state index in [1.807, 2.05) is 11.8 Å². The van der Waals surface area contributed by atoms with E-state index in [-0.39, 0.29) is 0 Å². The van der Waals surface area contributed by atoms with Crippen molar-refractivity contribution in [3.05, 3.63) is 29.6 Å². The minimum atomic E-state index is 1.06. The monoisotopic (exact) mass is 190 g/mol. The summed E-state index contributed by atoms with van der Waals surface area (Å²) in [5, 5.41) is 0. The number of benzene rings is 1. The molecular weight excluding hydrogens is 180 g/mol. The number of fused-ring (bicyclic) bond motifs is 3. The van der Waals surface area contributed by atoms with E-state index in [1.54, 1.807) is 0 Å². The molecular formula is C10H10N2S. The minimum absolute atomic E-state index is 1.06. The molecule has 3 heteroatoms. The number of hydrogen-bond donors (Lipinski definition) is 0. The second kappa shape index (κ2) is 2.51. The lowest BCUT2D eigenvalue weighted by atomic mass is 10.2. The van der Waals surface area contributed by atoms with Gasteiger partial charge in [-0.15, -0.1) is 11.8 Å². The van der Waals surface area contributed by atoms with Gasteiger partial charge in [0.25, 0.3) is 0 Å². The third-order valence-electron chi connectivity index (χ3n) is 2.43. The first-order chi connectivity index (χ1) is 6.34. The lowest BCUT2D eigenvalue weighted by molar-refractivity contribution is 0.895. The molecule has 0 N–H and O–H groups in total. The van der Waals surface area contributed by atoms with Crippen molar-refractivity contribution < 1.29 is 0 Å². The number of rotatable bonds is 0. The highest BCUT2D eigenvalue weighted by Gasteiger charge is 2.15. The van der Waals surface area contributed by atoms with Gasteiger partial charge >= 0.3 is 0 Å². The summed E-state index contributed by atoms with van der Waals surface area (Å²) in [6.07, 6.45) is 0. The topological polar surface area (TPSA) is 17.8 Å². The number of aryl methyl sites for hydroxylation is 1. The first-order valence-corrected chi connectivity index (χ1v) is 5.53. The Hall–Kier alpha value is -0.960. The second-order valence-corrected chi connectivity index (χ2v) is 4.38. The van der Waals surface area contributed by atoms with Crippen LogP contribution < -0.4 is 0 Å². The summed E-state index contributed by atoms with van der Waals surface area (Å²) in [6, 6.07) is 6.48. The van der Waals surface area contributed by atoms with Gasteiger partial charge in [0, 0.05) is 0 Å². The summed E-state index contributed by atoms with van der Waals surface area (Å²) in [4.78, 5) is 4.60. The molecule has 0 aliphatic carbocycles. The molecule has 66 valence electrons. The molecule has 2 heterocycles. The number of hydrogen-bond acceptors (Lipinski definition) is 2. The lowest BCUT2D eigenvalue weighted by Gasteiger charge is -1.97. The van der Waals surface area contributed by atoms with Crippen LogP contribution in [0.15, 0.2) is 18.2 Å². The zero-order valence-corrected chi connectivity index (χ0v) is 8.27. The molecule has 0 saturated heterocycles. The lowest BCUT2D eigenvalue weighted by Crippen LogP contribution is -1.89. The number of thioether (sulfide) groups is 1. The molecule has 0 radical (unpaired) electrons. The van der Waals surface area contributed by atoms with Crippen molar-refractivity contribution in [3.63, 3.8) is 0 Å². The van der Waals surface area contributed by atoms with Gasteiger partial charge in [-0.2, -0.15) is 0 Å². The maximum absolute atomic E-state index is 4.60. The van der Waals surface area contributed by atoms with E-state index in [0.717, 1.165) is 17.1 Å². The summed E-state index contributed by atoms with van der Waals surface area (Å²) >= 11 is 1.93. The summed E-state index contributed by atoms with van der Waals surface area (Å²) in [6.45, 7) is 2.11. The average molecular weight is 190 g/mol. The summed E-state index contributed by atoms with van der Waals surface area (Å²) in [5.41, 5.74) is 3.72. The molecule has 0 atom stereocenters. The van der Waals surface area contributed by atoms with Crippen molar-refractivity contribution in [1.29, 1.82) is 0 Å². The van der Waals surface area contributed by atoms with Crippen molar-refractivity contribution >= 4 is 22.8 Å². The Kier molecular flexibility index (Phi) is 1.44. The highest BCUT2D eigenvalue weighted by atomic mass is 32.2. The van der Waals surface area contributed by atoms with Gasteiger partial charge in [-0.1, -0.05) is 6.07 Å². The largest absolute Gasteiger partial charge is 0.317 e. The van der Waals surface area contributed by atoms with Crippen molar-refractivity contribution in [3.8, 4) is 0 Å². The Morgan fingerprint density at radius 2 is 2.38 bits per heavy atom. The minimum Gasteiger partial charge on any atom is -0.317 e. The fraction of sp³-hybridized carbons (Fsp3) is 0.300. The van der Waals surface area contributed by atoms with E-state index in [4.69, 9.17) is 0 Å². The van der Waals surface area contributed by atoms with Gasteiger partial charge in [-0.25, -0.2) is 4.98 Å². The zero-order valence-electron chi connectivity index (χ0n) is 7.45. The Balaban J connectivity index is 2.38. The summed E-state index contributed by atoms with van der Waals surface area (Å²) in [7, 11) is 0. The van der Waals surface area contributed by atoms with Crippen LogP contribution in [0.2, 0.25) is 0 Å². The van der Waals surface area contributed by atoms with Crippen LogP contribution in [0, 0.1) is 6.92 Å². The van der Waals surface area contributed by atoms with Crippen molar-refractivity contribution in [1.82, 2.24) is 9.55 Å². The molecule has 0 amide bonds. The van der Waals surface area contributed by atoms with Crippen LogP contribution >= 0.6 is 11.8 Å². The van der Waals surface area contributed by atoms with Crippen molar-refractivity contribution in [2.75, 3.05) is 0 Å². The smallest absolute Gasteiger partial charge is 0.120 e. The highest BCUT2D eigenvalue weighted by molar-refractivity contribution is 7.97. The van der Waals surface area contributed by atoms with Gasteiger partial charge in [0.2, 0.25) is 0 Å². The van der Waals surface area contributed by atoms with Gasteiger partial charge in [-0.05, 0) is 24.6 Å². The molecule has 2 aromatic rings. The highest BCUT2D eigenvalue weighted by Crippen LogP contribution is 2.28. The van der Waals surface area contributed by atoms with E-state index < -0.39 is 0 Å². The standard InChI is InChI=1S/C10H10N2S/c1-7-2-3-9-8(4-7)11-10-5-13-6-12(9)10/h2-4H,5-6H2,1H3. The van der Waals surface area contributed by atoms with E-state index in [1.165, 1.54) is 16.9 Å². The first kappa shape index (κ1) is 7.44. The molecule has 0 unspecified atom stereocenters. The molecule has 1 aliphatic rings. The van der Waals surface area contributed by atoms with E-state index in [9.17, 15) is 0 Å². The van der Waals surface area contributed by atoms with Gasteiger partial charge in [0.1, 0.15) is 5.82 Å². The normalized spacial score (nSPS) is 15.2. The van der Waals surface area contributed by atoms with Gasteiger partial charge in [0.05, 0.1) is 22.7 Å². The summed E-state index contributed by atoms with van der Waals surface area (Å²) < 4.78 is 2.30. The zero-order chi connectivity index (χ0) is 8.84. The predicted molar refractivity (Wildman–Crippen MR) is 55.8 cm³/mol. The van der Waals surface area contributed by atoms with Crippen LogP contribution in [0.4, 0.5) is 0 Å². The van der Waals surface area contributed by atoms with Crippen molar-refractivity contribution in [2.24, 2.45) is 0 Å².